The highest BCUT2D eigenvalue weighted by Gasteiger charge is 2.04. The number of nitriles is 1. The average Bonchev–Trinajstić information content (AvgIpc) is 2.46. The molecule has 0 aliphatic rings. The summed E-state index contributed by atoms with van der Waals surface area (Å²) in [5, 5.41) is 9.49. The summed E-state index contributed by atoms with van der Waals surface area (Å²) in [6.45, 7) is 0.751. The molecule has 20 heavy (non-hydrogen) atoms. The van der Waals surface area contributed by atoms with E-state index in [9.17, 15) is 0 Å². The van der Waals surface area contributed by atoms with Crippen molar-refractivity contribution in [3.8, 4) is 17.6 Å². The zero-order chi connectivity index (χ0) is 14.4. The second-order valence-electron chi connectivity index (χ2n) is 3.90. The zero-order valence-corrected chi connectivity index (χ0v) is 12.8. The van der Waals surface area contributed by atoms with Crippen molar-refractivity contribution in [2.75, 3.05) is 13.2 Å². The molecule has 0 N–H and O–H groups in total. The maximum Gasteiger partial charge on any atom is 0.137 e. The Morgan fingerprint density at radius 2 is 1.75 bits per heavy atom. The van der Waals surface area contributed by atoms with Crippen molar-refractivity contribution in [3.63, 3.8) is 0 Å². The molecule has 0 fully saturated rings. The molecule has 0 bridgehead atoms. The second-order valence-corrected chi connectivity index (χ2v) is 5.26. The molecule has 2 rings (SSSR count). The SMILES string of the molecule is N#Cc1cc(Cl)ccc1OCCOc1ccc(Br)cc1. The van der Waals surface area contributed by atoms with E-state index < -0.39 is 0 Å². The molecular weight excluding hydrogens is 342 g/mol. The number of halogens is 2. The van der Waals surface area contributed by atoms with Gasteiger partial charge in [0.05, 0.1) is 5.56 Å². The molecule has 3 nitrogen and oxygen atoms in total. The van der Waals surface area contributed by atoms with E-state index in [1.165, 1.54) is 0 Å². The molecule has 0 aliphatic heterocycles. The average molecular weight is 353 g/mol. The number of benzene rings is 2. The van der Waals surface area contributed by atoms with Crippen LogP contribution in [0.1, 0.15) is 5.56 Å². The fraction of sp³-hybridized carbons (Fsp3) is 0.133. The lowest BCUT2D eigenvalue weighted by Crippen LogP contribution is -2.09. The van der Waals surface area contributed by atoms with Crippen LogP contribution in [0.15, 0.2) is 46.9 Å². The maximum atomic E-state index is 8.98. The number of hydrogen-bond acceptors (Lipinski definition) is 3. The molecule has 0 saturated heterocycles. The van der Waals surface area contributed by atoms with Crippen LogP contribution in [-0.4, -0.2) is 13.2 Å². The maximum absolute atomic E-state index is 8.98. The Labute approximate surface area is 130 Å². The van der Waals surface area contributed by atoms with Crippen molar-refractivity contribution in [3.05, 3.63) is 57.5 Å². The predicted octanol–water partition coefficient (Wildman–Crippen LogP) is 4.43. The van der Waals surface area contributed by atoms with Crippen LogP contribution in [0.2, 0.25) is 5.02 Å². The van der Waals surface area contributed by atoms with Gasteiger partial charge in [0.25, 0.3) is 0 Å². The van der Waals surface area contributed by atoms with Crippen molar-refractivity contribution in [1.82, 2.24) is 0 Å². The monoisotopic (exact) mass is 351 g/mol. The lowest BCUT2D eigenvalue weighted by molar-refractivity contribution is 0.217. The minimum Gasteiger partial charge on any atom is -0.490 e. The minimum absolute atomic E-state index is 0.354. The third-order valence-corrected chi connectivity index (χ3v) is 3.25. The van der Waals surface area contributed by atoms with E-state index in [1.54, 1.807) is 18.2 Å². The molecule has 0 saturated carbocycles. The van der Waals surface area contributed by atoms with Gasteiger partial charge in [0.15, 0.2) is 0 Å². The lowest BCUT2D eigenvalue weighted by atomic mass is 10.2. The predicted molar refractivity (Wildman–Crippen MR) is 81.3 cm³/mol. The fourth-order valence-corrected chi connectivity index (χ4v) is 1.99. The molecule has 0 radical (unpaired) electrons. The number of nitrogens with zero attached hydrogens (tertiary/aromatic N) is 1. The second kappa shape index (κ2) is 7.18. The van der Waals surface area contributed by atoms with Crippen molar-refractivity contribution in [2.45, 2.75) is 0 Å². The summed E-state index contributed by atoms with van der Waals surface area (Å²) >= 11 is 9.17. The molecule has 0 spiro atoms. The van der Waals surface area contributed by atoms with E-state index in [0.717, 1.165) is 10.2 Å². The Morgan fingerprint density at radius 1 is 1.05 bits per heavy atom. The van der Waals surface area contributed by atoms with E-state index in [0.29, 0.717) is 29.5 Å². The molecule has 102 valence electrons. The van der Waals surface area contributed by atoms with Crippen LogP contribution in [0.5, 0.6) is 11.5 Å². The largest absolute Gasteiger partial charge is 0.490 e. The summed E-state index contributed by atoms with van der Waals surface area (Å²) in [6, 6.07) is 14.5. The highest BCUT2D eigenvalue weighted by atomic mass is 79.9. The number of ether oxygens (including phenoxy) is 2. The van der Waals surface area contributed by atoms with E-state index in [1.807, 2.05) is 30.3 Å². The first-order valence-electron chi connectivity index (χ1n) is 5.90. The van der Waals surface area contributed by atoms with Gasteiger partial charge >= 0.3 is 0 Å². The minimum atomic E-state index is 0.354. The smallest absolute Gasteiger partial charge is 0.137 e. The summed E-state index contributed by atoms with van der Waals surface area (Å²) < 4.78 is 12.0. The molecule has 0 atom stereocenters. The van der Waals surface area contributed by atoms with Crippen molar-refractivity contribution < 1.29 is 9.47 Å². The Hall–Kier alpha value is -1.70. The van der Waals surface area contributed by atoms with Gasteiger partial charge in [0.1, 0.15) is 30.8 Å². The third-order valence-electron chi connectivity index (χ3n) is 2.49. The molecule has 0 amide bonds. The number of hydrogen-bond donors (Lipinski definition) is 0. The molecule has 2 aromatic carbocycles. The third kappa shape index (κ3) is 4.16. The Morgan fingerprint density at radius 3 is 2.45 bits per heavy atom. The van der Waals surface area contributed by atoms with Crippen LogP contribution in [0, 0.1) is 11.3 Å². The topological polar surface area (TPSA) is 42.2 Å². The van der Waals surface area contributed by atoms with Crippen LogP contribution in [0.25, 0.3) is 0 Å². The van der Waals surface area contributed by atoms with Crippen molar-refractivity contribution >= 4 is 27.5 Å². The van der Waals surface area contributed by atoms with Gasteiger partial charge in [-0.15, -0.1) is 0 Å². The van der Waals surface area contributed by atoms with Crippen molar-refractivity contribution in [1.29, 1.82) is 5.26 Å². The van der Waals surface area contributed by atoms with E-state index >= 15 is 0 Å². The van der Waals surface area contributed by atoms with Crippen LogP contribution < -0.4 is 9.47 Å². The summed E-state index contributed by atoms with van der Waals surface area (Å²) in [4.78, 5) is 0. The normalized spacial score (nSPS) is 9.85. The summed E-state index contributed by atoms with van der Waals surface area (Å²) in [5.41, 5.74) is 0.418. The molecular formula is C15H11BrClNO2. The Balaban J connectivity index is 1.84. The summed E-state index contributed by atoms with van der Waals surface area (Å²) in [7, 11) is 0. The molecule has 5 heteroatoms. The fourth-order valence-electron chi connectivity index (χ4n) is 1.56. The van der Waals surface area contributed by atoms with E-state index in [-0.39, 0.29) is 0 Å². The van der Waals surface area contributed by atoms with Gasteiger partial charge in [0.2, 0.25) is 0 Å². The van der Waals surface area contributed by atoms with Crippen LogP contribution >= 0.6 is 27.5 Å². The van der Waals surface area contributed by atoms with Gasteiger partial charge in [-0.05, 0) is 42.5 Å². The van der Waals surface area contributed by atoms with E-state index in [2.05, 4.69) is 15.9 Å². The van der Waals surface area contributed by atoms with Gasteiger partial charge in [0, 0.05) is 9.50 Å². The first-order chi connectivity index (χ1) is 9.69. The molecule has 0 heterocycles. The van der Waals surface area contributed by atoms with Gasteiger partial charge in [-0.2, -0.15) is 5.26 Å². The summed E-state index contributed by atoms with van der Waals surface area (Å²) in [6.07, 6.45) is 0. The quantitative estimate of drug-likeness (QED) is 0.747. The molecule has 0 aliphatic carbocycles. The van der Waals surface area contributed by atoms with Crippen LogP contribution in [0.4, 0.5) is 0 Å². The molecule has 0 unspecified atom stereocenters. The first kappa shape index (κ1) is 14.7. The van der Waals surface area contributed by atoms with Gasteiger partial charge in [-0.1, -0.05) is 27.5 Å². The van der Waals surface area contributed by atoms with Gasteiger partial charge in [-0.3, -0.25) is 0 Å². The Kier molecular flexibility index (Phi) is 5.28. The highest BCUT2D eigenvalue weighted by molar-refractivity contribution is 9.10. The number of rotatable bonds is 5. The van der Waals surface area contributed by atoms with E-state index in [4.69, 9.17) is 26.3 Å². The molecule has 0 aromatic heterocycles. The van der Waals surface area contributed by atoms with Crippen LogP contribution in [0.3, 0.4) is 0 Å². The highest BCUT2D eigenvalue weighted by Crippen LogP contribution is 2.22. The van der Waals surface area contributed by atoms with Crippen molar-refractivity contribution in [2.24, 2.45) is 0 Å². The zero-order valence-electron chi connectivity index (χ0n) is 10.5. The first-order valence-corrected chi connectivity index (χ1v) is 7.07. The standard InChI is InChI=1S/C15H11BrClNO2/c16-12-1-4-14(5-2-12)19-7-8-20-15-6-3-13(17)9-11(15)10-18/h1-6,9H,7-8H2. The Bertz CT molecular complexity index is 623. The van der Waals surface area contributed by atoms with Gasteiger partial charge < -0.3 is 9.47 Å². The lowest BCUT2D eigenvalue weighted by Gasteiger charge is -2.09. The van der Waals surface area contributed by atoms with Gasteiger partial charge in [-0.25, -0.2) is 0 Å². The van der Waals surface area contributed by atoms with Crippen LogP contribution in [-0.2, 0) is 0 Å². The summed E-state index contributed by atoms with van der Waals surface area (Å²) in [5.74, 6) is 1.28. The molecule has 2 aromatic rings.